The zero-order chi connectivity index (χ0) is 11.1. The molecule has 0 fully saturated rings. The first-order valence-electron chi connectivity index (χ1n) is 4.75. The Bertz CT molecular complexity index is 677. The summed E-state index contributed by atoms with van der Waals surface area (Å²) >= 11 is 3.42. The number of nitrogens with zero attached hydrogens (tertiary/aromatic N) is 2. The second-order valence-corrected chi connectivity index (χ2v) is 4.36. The number of ether oxygens (including phenoxy) is 1. The van der Waals surface area contributed by atoms with Gasteiger partial charge in [0.1, 0.15) is 5.65 Å². The van der Waals surface area contributed by atoms with Crippen molar-refractivity contribution in [3.63, 3.8) is 0 Å². The van der Waals surface area contributed by atoms with Crippen LogP contribution in [0.2, 0.25) is 0 Å². The van der Waals surface area contributed by atoms with Crippen LogP contribution in [-0.4, -0.2) is 22.1 Å². The number of fused-ring (bicyclic) bond motifs is 3. The minimum Gasteiger partial charge on any atom is -0.481 e. The van der Waals surface area contributed by atoms with E-state index in [2.05, 4.69) is 30.9 Å². The fourth-order valence-electron chi connectivity index (χ4n) is 1.74. The highest BCUT2D eigenvalue weighted by Gasteiger charge is 2.07. The molecule has 0 aromatic carbocycles. The molecule has 0 unspecified atom stereocenters. The quantitative estimate of drug-likeness (QED) is 0.744. The van der Waals surface area contributed by atoms with Crippen LogP contribution in [0, 0.1) is 0 Å². The van der Waals surface area contributed by atoms with Crippen molar-refractivity contribution in [2.75, 3.05) is 7.11 Å². The van der Waals surface area contributed by atoms with E-state index in [0.717, 1.165) is 26.4 Å². The van der Waals surface area contributed by atoms with Crippen LogP contribution in [0.3, 0.4) is 0 Å². The molecule has 80 valence electrons. The molecule has 3 aromatic heterocycles. The smallest absolute Gasteiger partial charge is 0.213 e. The zero-order valence-corrected chi connectivity index (χ0v) is 10.1. The maximum atomic E-state index is 5.11. The molecule has 1 N–H and O–H groups in total. The van der Waals surface area contributed by atoms with Gasteiger partial charge in [-0.15, -0.1) is 0 Å². The number of pyridine rings is 2. The van der Waals surface area contributed by atoms with Gasteiger partial charge in [-0.1, -0.05) is 0 Å². The third-order valence-electron chi connectivity index (χ3n) is 2.49. The van der Waals surface area contributed by atoms with Crippen molar-refractivity contribution in [1.29, 1.82) is 0 Å². The third kappa shape index (κ3) is 1.36. The van der Waals surface area contributed by atoms with E-state index in [4.69, 9.17) is 4.74 Å². The van der Waals surface area contributed by atoms with Crippen LogP contribution in [0.25, 0.3) is 21.9 Å². The van der Waals surface area contributed by atoms with Crippen LogP contribution in [0.5, 0.6) is 5.88 Å². The second kappa shape index (κ2) is 3.45. The molecule has 0 bridgehead atoms. The van der Waals surface area contributed by atoms with Gasteiger partial charge >= 0.3 is 0 Å². The molecule has 0 aliphatic rings. The van der Waals surface area contributed by atoms with E-state index in [0.29, 0.717) is 5.88 Å². The Morgan fingerprint density at radius 2 is 2.06 bits per heavy atom. The summed E-state index contributed by atoms with van der Waals surface area (Å²) in [4.78, 5) is 11.7. The molecule has 0 saturated heterocycles. The Labute approximate surface area is 99.8 Å². The van der Waals surface area contributed by atoms with E-state index in [-0.39, 0.29) is 0 Å². The molecule has 0 radical (unpaired) electrons. The molecule has 0 saturated carbocycles. The average Bonchev–Trinajstić information content (AvgIpc) is 2.66. The van der Waals surface area contributed by atoms with Crippen LogP contribution in [0.15, 0.2) is 29.0 Å². The summed E-state index contributed by atoms with van der Waals surface area (Å²) in [6.07, 6.45) is 3.52. The first-order valence-corrected chi connectivity index (χ1v) is 5.54. The Kier molecular flexibility index (Phi) is 2.07. The second-order valence-electron chi connectivity index (χ2n) is 3.45. The molecule has 16 heavy (non-hydrogen) atoms. The monoisotopic (exact) mass is 277 g/mol. The number of methoxy groups -OCH3 is 1. The van der Waals surface area contributed by atoms with Crippen molar-refractivity contribution >= 4 is 37.9 Å². The summed E-state index contributed by atoms with van der Waals surface area (Å²) in [5.41, 5.74) is 1.81. The van der Waals surface area contributed by atoms with E-state index in [9.17, 15) is 0 Å². The van der Waals surface area contributed by atoms with Crippen LogP contribution < -0.4 is 4.74 Å². The van der Waals surface area contributed by atoms with E-state index in [1.54, 1.807) is 19.5 Å². The molecule has 0 amide bonds. The lowest BCUT2D eigenvalue weighted by molar-refractivity contribution is 0.399. The van der Waals surface area contributed by atoms with Crippen LogP contribution >= 0.6 is 15.9 Å². The predicted octanol–water partition coefficient (Wildman–Crippen LogP) is 2.88. The van der Waals surface area contributed by atoms with Gasteiger partial charge in [0.25, 0.3) is 0 Å². The number of halogens is 1. The minimum absolute atomic E-state index is 0.605. The molecule has 3 heterocycles. The van der Waals surface area contributed by atoms with Gasteiger partial charge < -0.3 is 9.72 Å². The number of hydrogen-bond acceptors (Lipinski definition) is 3. The summed E-state index contributed by atoms with van der Waals surface area (Å²) in [5, 5.41) is 2.13. The van der Waals surface area contributed by atoms with E-state index < -0.39 is 0 Å². The van der Waals surface area contributed by atoms with E-state index >= 15 is 0 Å². The van der Waals surface area contributed by atoms with Gasteiger partial charge in [0.05, 0.1) is 18.8 Å². The molecule has 4 nitrogen and oxygen atoms in total. The number of aromatic nitrogens is 3. The number of aromatic amines is 1. The van der Waals surface area contributed by atoms with Crippen molar-refractivity contribution in [3.05, 3.63) is 29.0 Å². The van der Waals surface area contributed by atoms with Crippen molar-refractivity contribution in [3.8, 4) is 5.88 Å². The molecule has 3 aromatic rings. The Hall–Kier alpha value is -1.62. The number of rotatable bonds is 1. The van der Waals surface area contributed by atoms with E-state index in [1.165, 1.54) is 0 Å². The summed E-state index contributed by atoms with van der Waals surface area (Å²) < 4.78 is 6.07. The number of H-pyrrole nitrogens is 1. The normalized spacial score (nSPS) is 11.1. The average molecular weight is 278 g/mol. The highest BCUT2D eigenvalue weighted by atomic mass is 79.9. The maximum Gasteiger partial charge on any atom is 0.213 e. The number of hydrogen-bond donors (Lipinski definition) is 1. The van der Waals surface area contributed by atoms with Crippen molar-refractivity contribution in [1.82, 2.24) is 15.0 Å². The highest BCUT2D eigenvalue weighted by molar-refractivity contribution is 9.10. The Balaban J connectivity index is 2.44. The summed E-state index contributed by atoms with van der Waals surface area (Å²) in [5.74, 6) is 0.605. The largest absolute Gasteiger partial charge is 0.481 e. The maximum absolute atomic E-state index is 5.11. The lowest BCUT2D eigenvalue weighted by Crippen LogP contribution is -1.85. The van der Waals surface area contributed by atoms with Crippen molar-refractivity contribution < 1.29 is 4.74 Å². The molecule has 0 spiro atoms. The van der Waals surface area contributed by atoms with E-state index in [1.807, 2.05) is 12.1 Å². The lowest BCUT2D eigenvalue weighted by Gasteiger charge is -1.97. The van der Waals surface area contributed by atoms with Gasteiger partial charge in [0.2, 0.25) is 5.88 Å². The molecule has 0 aliphatic carbocycles. The van der Waals surface area contributed by atoms with Crippen LogP contribution in [-0.2, 0) is 0 Å². The SMILES string of the molecule is COc1cc2c(cn1)[nH]c1ncc(Br)cc12. The minimum atomic E-state index is 0.605. The predicted molar refractivity (Wildman–Crippen MR) is 65.6 cm³/mol. The molecule has 3 rings (SSSR count). The van der Waals surface area contributed by atoms with Crippen molar-refractivity contribution in [2.24, 2.45) is 0 Å². The summed E-state index contributed by atoms with van der Waals surface area (Å²) in [6, 6.07) is 3.93. The van der Waals surface area contributed by atoms with Gasteiger partial charge in [-0.25, -0.2) is 9.97 Å². The highest BCUT2D eigenvalue weighted by Crippen LogP contribution is 2.27. The topological polar surface area (TPSA) is 50.8 Å². The summed E-state index contributed by atoms with van der Waals surface area (Å²) in [6.45, 7) is 0. The molecule has 0 atom stereocenters. The first-order chi connectivity index (χ1) is 7.78. The number of nitrogens with one attached hydrogen (secondary N) is 1. The standard InChI is InChI=1S/C11H8BrN3O/c1-16-10-3-7-8-2-6(12)4-14-11(8)15-9(7)5-13-10/h2-5H,1H3,(H,14,15). The van der Waals surface area contributed by atoms with Gasteiger partial charge in [-0.05, 0) is 22.0 Å². The van der Waals surface area contributed by atoms with Crippen molar-refractivity contribution in [2.45, 2.75) is 0 Å². The third-order valence-corrected chi connectivity index (χ3v) is 2.92. The van der Waals surface area contributed by atoms with Gasteiger partial charge in [0.15, 0.2) is 0 Å². The molecule has 5 heteroatoms. The molecular weight excluding hydrogens is 270 g/mol. The summed E-state index contributed by atoms with van der Waals surface area (Å²) in [7, 11) is 1.61. The lowest BCUT2D eigenvalue weighted by atomic mass is 10.2. The van der Waals surface area contributed by atoms with Crippen LogP contribution in [0.1, 0.15) is 0 Å². The molecular formula is C11H8BrN3O. The van der Waals surface area contributed by atoms with Gasteiger partial charge in [-0.2, -0.15) is 0 Å². The van der Waals surface area contributed by atoms with Crippen LogP contribution in [0.4, 0.5) is 0 Å². The Morgan fingerprint density at radius 3 is 2.88 bits per heavy atom. The first kappa shape index (κ1) is 9.59. The molecule has 0 aliphatic heterocycles. The Morgan fingerprint density at radius 1 is 1.19 bits per heavy atom. The fraction of sp³-hybridized carbons (Fsp3) is 0.0909. The van der Waals surface area contributed by atoms with Gasteiger partial charge in [-0.3, -0.25) is 0 Å². The van der Waals surface area contributed by atoms with Gasteiger partial charge in [0, 0.05) is 27.5 Å². The zero-order valence-electron chi connectivity index (χ0n) is 8.49. The fourth-order valence-corrected chi connectivity index (χ4v) is 2.07.